The van der Waals surface area contributed by atoms with E-state index in [2.05, 4.69) is 0 Å². The lowest BCUT2D eigenvalue weighted by atomic mass is 9.87. The number of carboxylic acids is 1. The highest BCUT2D eigenvalue weighted by Crippen LogP contribution is 2.31. The summed E-state index contributed by atoms with van der Waals surface area (Å²) in [5.74, 6) is 0.856. The number of hydrogen-bond donors (Lipinski definition) is 1. The predicted molar refractivity (Wildman–Crippen MR) is 51.3 cm³/mol. The Bertz CT molecular complexity index is 376. The van der Waals surface area contributed by atoms with Gasteiger partial charge in [-0.1, -0.05) is 0 Å². The van der Waals surface area contributed by atoms with Crippen molar-refractivity contribution in [1.82, 2.24) is 0 Å². The number of aliphatic carboxylic acids is 1. The van der Waals surface area contributed by atoms with Gasteiger partial charge in [0.25, 0.3) is 0 Å². The highest BCUT2D eigenvalue weighted by Gasteiger charge is 2.28. The third-order valence-corrected chi connectivity index (χ3v) is 3.12. The van der Waals surface area contributed by atoms with Gasteiger partial charge in [0.2, 0.25) is 0 Å². The molecule has 14 heavy (non-hydrogen) atoms. The normalized spacial score (nSPS) is 20.6. The molecule has 0 aromatic carbocycles. The van der Waals surface area contributed by atoms with Crippen molar-refractivity contribution in [2.45, 2.75) is 33.1 Å². The van der Waals surface area contributed by atoms with Crippen LogP contribution in [0.15, 0.2) is 4.42 Å². The second-order valence-corrected chi connectivity index (χ2v) is 3.96. The molecule has 76 valence electrons. The number of hydrogen-bond acceptors (Lipinski definition) is 2. The molecule has 0 bridgehead atoms. The van der Waals surface area contributed by atoms with E-state index in [-0.39, 0.29) is 5.92 Å². The van der Waals surface area contributed by atoms with Gasteiger partial charge in [-0.25, -0.2) is 0 Å². The van der Waals surface area contributed by atoms with Gasteiger partial charge >= 0.3 is 5.97 Å². The molecule has 0 amide bonds. The predicted octanol–water partition coefficient (Wildman–Crippen LogP) is 2.09. The van der Waals surface area contributed by atoms with Gasteiger partial charge in [-0.05, 0) is 37.8 Å². The van der Waals surface area contributed by atoms with E-state index in [0.29, 0.717) is 6.42 Å². The molecule has 1 atom stereocenters. The first-order valence-corrected chi connectivity index (χ1v) is 4.90. The Morgan fingerprint density at radius 1 is 1.50 bits per heavy atom. The van der Waals surface area contributed by atoms with Crippen molar-refractivity contribution in [2.75, 3.05) is 0 Å². The van der Waals surface area contributed by atoms with E-state index in [4.69, 9.17) is 9.52 Å². The highest BCUT2D eigenvalue weighted by atomic mass is 16.4. The van der Waals surface area contributed by atoms with Crippen LogP contribution in [0.25, 0.3) is 0 Å². The maximum Gasteiger partial charge on any atom is 0.306 e. The standard InChI is InChI=1S/C11H14O3/c1-6-7(2)14-10-5-8(11(12)13)3-4-9(6)10/h8H,3-5H2,1-2H3,(H,12,13). The zero-order chi connectivity index (χ0) is 10.3. The Morgan fingerprint density at radius 2 is 2.21 bits per heavy atom. The average molecular weight is 194 g/mol. The van der Waals surface area contributed by atoms with E-state index in [1.165, 1.54) is 11.1 Å². The minimum atomic E-state index is -0.706. The summed E-state index contributed by atoms with van der Waals surface area (Å²) in [7, 11) is 0. The molecule has 0 saturated heterocycles. The van der Waals surface area contributed by atoms with Gasteiger partial charge < -0.3 is 9.52 Å². The van der Waals surface area contributed by atoms with Crippen LogP contribution in [-0.4, -0.2) is 11.1 Å². The Kier molecular flexibility index (Phi) is 2.10. The molecule has 0 aliphatic heterocycles. The van der Waals surface area contributed by atoms with Crippen molar-refractivity contribution in [3.63, 3.8) is 0 Å². The van der Waals surface area contributed by atoms with E-state index >= 15 is 0 Å². The van der Waals surface area contributed by atoms with Crippen LogP contribution in [-0.2, 0) is 17.6 Å². The van der Waals surface area contributed by atoms with Crippen LogP contribution >= 0.6 is 0 Å². The third-order valence-electron chi connectivity index (χ3n) is 3.12. The van der Waals surface area contributed by atoms with E-state index < -0.39 is 5.97 Å². The fraction of sp³-hybridized carbons (Fsp3) is 0.545. The molecule has 0 fully saturated rings. The average Bonchev–Trinajstić information content (AvgIpc) is 2.42. The molecule has 1 heterocycles. The van der Waals surface area contributed by atoms with Crippen LogP contribution in [0.2, 0.25) is 0 Å². The zero-order valence-corrected chi connectivity index (χ0v) is 8.46. The summed E-state index contributed by atoms with van der Waals surface area (Å²) in [6.07, 6.45) is 2.14. The number of rotatable bonds is 1. The van der Waals surface area contributed by atoms with E-state index in [0.717, 1.165) is 24.4 Å². The fourth-order valence-electron chi connectivity index (χ4n) is 2.09. The van der Waals surface area contributed by atoms with E-state index in [1.54, 1.807) is 0 Å². The second kappa shape index (κ2) is 3.15. The number of carbonyl (C=O) groups is 1. The van der Waals surface area contributed by atoms with Crippen LogP contribution in [0.5, 0.6) is 0 Å². The first kappa shape index (κ1) is 9.31. The number of carboxylic acid groups (broad SMARTS) is 1. The number of fused-ring (bicyclic) bond motifs is 1. The summed E-state index contributed by atoms with van der Waals surface area (Å²) in [5.41, 5.74) is 2.43. The van der Waals surface area contributed by atoms with Gasteiger partial charge in [0.15, 0.2) is 0 Å². The SMILES string of the molecule is Cc1oc2c(c1C)CCC(C(=O)O)C2. The van der Waals surface area contributed by atoms with Crippen LogP contribution in [0, 0.1) is 19.8 Å². The van der Waals surface area contributed by atoms with Gasteiger partial charge in [-0.15, -0.1) is 0 Å². The number of furan rings is 1. The lowest BCUT2D eigenvalue weighted by molar-refractivity contribution is -0.142. The molecule has 1 N–H and O–H groups in total. The van der Waals surface area contributed by atoms with Gasteiger partial charge in [-0.2, -0.15) is 0 Å². The smallest absolute Gasteiger partial charge is 0.306 e. The first-order chi connectivity index (χ1) is 6.59. The molecule has 2 rings (SSSR count). The molecule has 3 nitrogen and oxygen atoms in total. The van der Waals surface area contributed by atoms with Crippen molar-refractivity contribution < 1.29 is 14.3 Å². The molecular formula is C11H14O3. The van der Waals surface area contributed by atoms with Crippen molar-refractivity contribution in [3.05, 3.63) is 22.6 Å². The largest absolute Gasteiger partial charge is 0.481 e. The topological polar surface area (TPSA) is 50.4 Å². The molecule has 1 aromatic rings. The van der Waals surface area contributed by atoms with Crippen LogP contribution in [0.4, 0.5) is 0 Å². The Balaban J connectivity index is 2.31. The Morgan fingerprint density at radius 3 is 2.86 bits per heavy atom. The molecular weight excluding hydrogens is 180 g/mol. The quantitative estimate of drug-likeness (QED) is 0.744. The minimum Gasteiger partial charge on any atom is -0.481 e. The third kappa shape index (κ3) is 1.33. The summed E-state index contributed by atoms with van der Waals surface area (Å²) in [5, 5.41) is 8.90. The van der Waals surface area contributed by atoms with Crippen molar-refractivity contribution in [2.24, 2.45) is 5.92 Å². The fourth-order valence-corrected chi connectivity index (χ4v) is 2.09. The van der Waals surface area contributed by atoms with Crippen molar-refractivity contribution >= 4 is 5.97 Å². The summed E-state index contributed by atoms with van der Waals surface area (Å²) in [4.78, 5) is 10.8. The monoisotopic (exact) mass is 194 g/mol. The lowest BCUT2D eigenvalue weighted by Crippen LogP contribution is -2.21. The van der Waals surface area contributed by atoms with Gasteiger partial charge in [0.05, 0.1) is 5.92 Å². The molecule has 0 spiro atoms. The lowest BCUT2D eigenvalue weighted by Gasteiger charge is -2.17. The molecule has 3 heteroatoms. The molecule has 1 aliphatic carbocycles. The summed E-state index contributed by atoms with van der Waals surface area (Å²) >= 11 is 0. The zero-order valence-electron chi connectivity index (χ0n) is 8.46. The number of aryl methyl sites for hydroxylation is 1. The second-order valence-electron chi connectivity index (χ2n) is 3.96. The molecule has 0 saturated carbocycles. The van der Waals surface area contributed by atoms with E-state index in [1.807, 2.05) is 13.8 Å². The van der Waals surface area contributed by atoms with Crippen molar-refractivity contribution in [1.29, 1.82) is 0 Å². The molecule has 1 unspecified atom stereocenters. The maximum absolute atomic E-state index is 10.8. The van der Waals surface area contributed by atoms with Gasteiger partial charge in [0.1, 0.15) is 11.5 Å². The summed E-state index contributed by atoms with van der Waals surface area (Å²) in [6.45, 7) is 3.97. The molecule has 1 aromatic heterocycles. The Labute approximate surface area is 82.7 Å². The van der Waals surface area contributed by atoms with Crippen LogP contribution < -0.4 is 0 Å². The van der Waals surface area contributed by atoms with Crippen molar-refractivity contribution in [3.8, 4) is 0 Å². The van der Waals surface area contributed by atoms with Gasteiger partial charge in [0, 0.05) is 6.42 Å². The summed E-state index contributed by atoms with van der Waals surface area (Å²) < 4.78 is 5.55. The molecule has 0 radical (unpaired) electrons. The van der Waals surface area contributed by atoms with Gasteiger partial charge in [-0.3, -0.25) is 4.79 Å². The van der Waals surface area contributed by atoms with E-state index in [9.17, 15) is 4.79 Å². The minimum absolute atomic E-state index is 0.257. The first-order valence-electron chi connectivity index (χ1n) is 4.90. The van der Waals surface area contributed by atoms with Crippen LogP contribution in [0.3, 0.4) is 0 Å². The Hall–Kier alpha value is -1.25. The highest BCUT2D eigenvalue weighted by molar-refractivity contribution is 5.70. The molecule has 1 aliphatic rings. The van der Waals surface area contributed by atoms with Crippen LogP contribution in [0.1, 0.15) is 29.1 Å². The summed E-state index contributed by atoms with van der Waals surface area (Å²) in [6, 6.07) is 0. The maximum atomic E-state index is 10.8.